The Morgan fingerprint density at radius 1 is 1.39 bits per heavy atom. The standard InChI is InChI=1S/C15H28N2O/c1-4-12(3)13-14(18)17(11-16-13)10-15(5-2)8-6-7-9-15/h12-13,16H,4-11H2,1-3H3. The molecule has 1 aliphatic carbocycles. The van der Waals surface area contributed by atoms with E-state index in [0.717, 1.165) is 19.6 Å². The fourth-order valence-electron chi connectivity index (χ4n) is 3.54. The average Bonchev–Trinajstić information content (AvgIpc) is 2.98. The van der Waals surface area contributed by atoms with Gasteiger partial charge in [0.25, 0.3) is 0 Å². The Morgan fingerprint density at radius 2 is 2.06 bits per heavy atom. The third-order valence-electron chi connectivity index (χ3n) is 5.23. The Hall–Kier alpha value is -0.570. The van der Waals surface area contributed by atoms with Crippen LogP contribution >= 0.6 is 0 Å². The Labute approximate surface area is 111 Å². The van der Waals surface area contributed by atoms with E-state index in [1.165, 1.54) is 32.1 Å². The zero-order valence-electron chi connectivity index (χ0n) is 12.2. The summed E-state index contributed by atoms with van der Waals surface area (Å²) in [5.41, 5.74) is 0.418. The molecule has 2 aliphatic rings. The minimum absolute atomic E-state index is 0.0605. The second-order valence-electron chi connectivity index (χ2n) is 6.32. The van der Waals surface area contributed by atoms with Gasteiger partial charge in [-0.25, -0.2) is 0 Å². The van der Waals surface area contributed by atoms with Crippen LogP contribution in [0.2, 0.25) is 0 Å². The Balaban J connectivity index is 1.97. The van der Waals surface area contributed by atoms with Gasteiger partial charge in [-0.05, 0) is 30.6 Å². The van der Waals surface area contributed by atoms with Crippen molar-refractivity contribution in [3.05, 3.63) is 0 Å². The van der Waals surface area contributed by atoms with E-state index >= 15 is 0 Å². The molecule has 104 valence electrons. The number of nitrogens with one attached hydrogen (secondary N) is 1. The smallest absolute Gasteiger partial charge is 0.241 e. The first-order valence-corrected chi connectivity index (χ1v) is 7.64. The monoisotopic (exact) mass is 252 g/mol. The third kappa shape index (κ3) is 2.56. The molecule has 1 saturated heterocycles. The van der Waals surface area contributed by atoms with Crippen LogP contribution in [0.1, 0.15) is 59.3 Å². The van der Waals surface area contributed by atoms with Gasteiger partial charge in [-0.15, -0.1) is 0 Å². The normalized spacial score (nSPS) is 28.9. The summed E-state index contributed by atoms with van der Waals surface area (Å²) in [6, 6.07) is 0.0605. The minimum Gasteiger partial charge on any atom is -0.328 e. The molecule has 0 bridgehead atoms. The lowest BCUT2D eigenvalue weighted by Gasteiger charge is -2.32. The number of hydrogen-bond donors (Lipinski definition) is 1. The van der Waals surface area contributed by atoms with E-state index in [2.05, 4.69) is 31.0 Å². The molecular weight excluding hydrogens is 224 g/mol. The van der Waals surface area contributed by atoms with Crippen LogP contribution < -0.4 is 5.32 Å². The van der Waals surface area contributed by atoms with E-state index in [1.807, 2.05) is 0 Å². The molecule has 2 rings (SSSR count). The van der Waals surface area contributed by atoms with Crippen LogP contribution in [0, 0.1) is 11.3 Å². The second-order valence-corrected chi connectivity index (χ2v) is 6.32. The van der Waals surface area contributed by atoms with E-state index in [9.17, 15) is 4.79 Å². The van der Waals surface area contributed by atoms with Crippen molar-refractivity contribution < 1.29 is 4.79 Å². The fraction of sp³-hybridized carbons (Fsp3) is 0.933. The van der Waals surface area contributed by atoms with Crippen molar-refractivity contribution in [2.45, 2.75) is 65.3 Å². The SMILES string of the molecule is CCC(C)C1NCN(CC2(CC)CCCC2)C1=O. The summed E-state index contributed by atoms with van der Waals surface area (Å²) < 4.78 is 0. The van der Waals surface area contributed by atoms with E-state index in [-0.39, 0.29) is 6.04 Å². The quantitative estimate of drug-likeness (QED) is 0.816. The first kappa shape index (κ1) is 13.9. The van der Waals surface area contributed by atoms with Gasteiger partial charge in [0, 0.05) is 6.54 Å². The number of carbonyl (C=O) groups excluding carboxylic acids is 1. The van der Waals surface area contributed by atoms with Gasteiger partial charge in [-0.2, -0.15) is 0 Å². The van der Waals surface area contributed by atoms with Crippen LogP contribution in [-0.4, -0.2) is 30.1 Å². The molecule has 2 atom stereocenters. The summed E-state index contributed by atoms with van der Waals surface area (Å²) in [4.78, 5) is 14.5. The van der Waals surface area contributed by atoms with Crippen molar-refractivity contribution in [2.24, 2.45) is 11.3 Å². The van der Waals surface area contributed by atoms with Crippen LogP contribution in [-0.2, 0) is 4.79 Å². The summed E-state index contributed by atoms with van der Waals surface area (Å²) in [6.07, 6.45) is 7.58. The Bertz CT molecular complexity index is 297. The lowest BCUT2D eigenvalue weighted by Crippen LogP contribution is -2.40. The zero-order chi connectivity index (χ0) is 13.2. The molecule has 0 aromatic heterocycles. The molecule has 3 heteroatoms. The van der Waals surface area contributed by atoms with Crippen molar-refractivity contribution in [1.82, 2.24) is 10.2 Å². The number of hydrogen-bond acceptors (Lipinski definition) is 2. The highest BCUT2D eigenvalue weighted by Crippen LogP contribution is 2.42. The number of nitrogens with zero attached hydrogens (tertiary/aromatic N) is 1. The highest BCUT2D eigenvalue weighted by atomic mass is 16.2. The highest BCUT2D eigenvalue weighted by Gasteiger charge is 2.40. The highest BCUT2D eigenvalue weighted by molar-refractivity contribution is 5.84. The molecule has 2 unspecified atom stereocenters. The molecule has 1 saturated carbocycles. The fourth-order valence-corrected chi connectivity index (χ4v) is 3.54. The van der Waals surface area contributed by atoms with Crippen LogP contribution in [0.4, 0.5) is 0 Å². The zero-order valence-corrected chi connectivity index (χ0v) is 12.2. The van der Waals surface area contributed by atoms with Gasteiger partial charge in [0.2, 0.25) is 5.91 Å². The number of rotatable bonds is 5. The van der Waals surface area contributed by atoms with E-state index in [0.29, 0.717) is 17.2 Å². The molecule has 1 amide bonds. The summed E-state index contributed by atoms with van der Waals surface area (Å²) in [5.74, 6) is 0.785. The molecule has 0 radical (unpaired) electrons. The molecule has 1 N–H and O–H groups in total. The van der Waals surface area contributed by atoms with Gasteiger partial charge in [0.15, 0.2) is 0 Å². The minimum atomic E-state index is 0.0605. The molecule has 3 nitrogen and oxygen atoms in total. The molecule has 0 spiro atoms. The largest absolute Gasteiger partial charge is 0.328 e. The van der Waals surface area contributed by atoms with Gasteiger partial charge in [0.1, 0.15) is 0 Å². The summed E-state index contributed by atoms with van der Waals surface area (Å²) >= 11 is 0. The second kappa shape index (κ2) is 5.60. The molecular formula is C15H28N2O. The maximum absolute atomic E-state index is 12.4. The Kier molecular flexibility index (Phi) is 4.31. The molecule has 0 aromatic carbocycles. The maximum atomic E-state index is 12.4. The maximum Gasteiger partial charge on any atom is 0.241 e. The number of amides is 1. The van der Waals surface area contributed by atoms with Crippen LogP contribution in [0.3, 0.4) is 0 Å². The van der Waals surface area contributed by atoms with E-state index < -0.39 is 0 Å². The molecule has 0 aromatic rings. The lowest BCUT2D eigenvalue weighted by atomic mass is 9.83. The van der Waals surface area contributed by atoms with Gasteiger partial charge >= 0.3 is 0 Å². The topological polar surface area (TPSA) is 32.3 Å². The molecule has 1 heterocycles. The van der Waals surface area contributed by atoms with E-state index in [1.54, 1.807) is 0 Å². The number of carbonyl (C=O) groups is 1. The van der Waals surface area contributed by atoms with E-state index in [4.69, 9.17) is 0 Å². The van der Waals surface area contributed by atoms with Crippen LogP contribution in [0.5, 0.6) is 0 Å². The summed E-state index contributed by atoms with van der Waals surface area (Å²) in [7, 11) is 0. The third-order valence-corrected chi connectivity index (χ3v) is 5.23. The van der Waals surface area contributed by atoms with Gasteiger partial charge in [-0.3, -0.25) is 10.1 Å². The van der Waals surface area contributed by atoms with Gasteiger partial charge in [0.05, 0.1) is 12.7 Å². The first-order chi connectivity index (χ1) is 8.62. The Morgan fingerprint density at radius 3 is 2.61 bits per heavy atom. The molecule has 2 fully saturated rings. The molecule has 18 heavy (non-hydrogen) atoms. The molecule has 1 aliphatic heterocycles. The van der Waals surface area contributed by atoms with Crippen molar-refractivity contribution >= 4 is 5.91 Å². The summed E-state index contributed by atoms with van der Waals surface area (Å²) in [5, 5.41) is 3.40. The van der Waals surface area contributed by atoms with Crippen LogP contribution in [0.15, 0.2) is 0 Å². The van der Waals surface area contributed by atoms with Crippen molar-refractivity contribution in [1.29, 1.82) is 0 Å². The van der Waals surface area contributed by atoms with Crippen molar-refractivity contribution in [3.8, 4) is 0 Å². The predicted molar refractivity (Wildman–Crippen MR) is 74.2 cm³/mol. The van der Waals surface area contributed by atoms with Crippen molar-refractivity contribution in [3.63, 3.8) is 0 Å². The average molecular weight is 252 g/mol. The predicted octanol–water partition coefficient (Wildman–Crippen LogP) is 2.76. The summed E-state index contributed by atoms with van der Waals surface area (Å²) in [6.45, 7) is 8.35. The first-order valence-electron chi connectivity index (χ1n) is 7.64. The lowest BCUT2D eigenvalue weighted by molar-refractivity contribution is -0.131. The van der Waals surface area contributed by atoms with Crippen molar-refractivity contribution in [2.75, 3.05) is 13.2 Å². The van der Waals surface area contributed by atoms with Gasteiger partial charge in [-0.1, -0.05) is 40.0 Å². The van der Waals surface area contributed by atoms with Gasteiger partial charge < -0.3 is 4.90 Å². The van der Waals surface area contributed by atoms with Crippen LogP contribution in [0.25, 0.3) is 0 Å².